The molecule has 9 nitrogen and oxygen atoms in total. The number of pyridine rings is 2. The highest BCUT2D eigenvalue weighted by molar-refractivity contribution is 5.99. The summed E-state index contributed by atoms with van der Waals surface area (Å²) >= 11 is 0. The minimum absolute atomic E-state index is 0.0385. The second kappa shape index (κ2) is 10.6. The summed E-state index contributed by atoms with van der Waals surface area (Å²) in [6.45, 7) is 6.79. The first-order valence-electron chi connectivity index (χ1n) is 11.9. The van der Waals surface area contributed by atoms with Crippen molar-refractivity contribution in [3.63, 3.8) is 0 Å². The SMILES string of the molecule is Cc1cc(NC(=O)N2CCC[C@@H]2C(=O)Nc2ccc(-c3ccc(C(=O)O)nc3)cn2)ccc1C(C)C. The zero-order chi connectivity index (χ0) is 25.8. The minimum Gasteiger partial charge on any atom is -0.477 e. The molecule has 2 aromatic heterocycles. The summed E-state index contributed by atoms with van der Waals surface area (Å²) in [5.41, 5.74) is 4.46. The van der Waals surface area contributed by atoms with Gasteiger partial charge in [-0.1, -0.05) is 26.0 Å². The average Bonchev–Trinajstić information content (AvgIpc) is 3.35. The molecule has 1 saturated heterocycles. The van der Waals surface area contributed by atoms with E-state index in [-0.39, 0.29) is 17.6 Å². The smallest absolute Gasteiger partial charge is 0.354 e. The molecule has 1 aliphatic heterocycles. The van der Waals surface area contributed by atoms with E-state index in [0.29, 0.717) is 36.0 Å². The lowest BCUT2D eigenvalue weighted by Gasteiger charge is -2.24. The van der Waals surface area contributed by atoms with Crippen molar-refractivity contribution in [2.24, 2.45) is 0 Å². The quantitative estimate of drug-likeness (QED) is 0.454. The topological polar surface area (TPSA) is 125 Å². The molecule has 3 heterocycles. The maximum atomic E-state index is 13.0. The average molecular weight is 488 g/mol. The van der Waals surface area contributed by atoms with Crippen LogP contribution >= 0.6 is 0 Å². The molecule has 0 saturated carbocycles. The van der Waals surface area contributed by atoms with Crippen molar-refractivity contribution in [3.8, 4) is 11.1 Å². The van der Waals surface area contributed by atoms with Gasteiger partial charge in [-0.25, -0.2) is 19.6 Å². The predicted molar refractivity (Wildman–Crippen MR) is 137 cm³/mol. The van der Waals surface area contributed by atoms with E-state index < -0.39 is 12.0 Å². The summed E-state index contributed by atoms with van der Waals surface area (Å²) in [5, 5.41) is 14.7. The zero-order valence-electron chi connectivity index (χ0n) is 20.5. The summed E-state index contributed by atoms with van der Waals surface area (Å²) in [6, 6.07) is 11.5. The number of amides is 3. The Balaban J connectivity index is 1.39. The molecule has 36 heavy (non-hydrogen) atoms. The molecular weight excluding hydrogens is 458 g/mol. The van der Waals surface area contributed by atoms with Crippen LogP contribution in [0.5, 0.6) is 0 Å². The molecule has 1 aliphatic rings. The first kappa shape index (κ1) is 24.8. The number of urea groups is 1. The number of nitrogens with zero attached hydrogens (tertiary/aromatic N) is 3. The van der Waals surface area contributed by atoms with Crippen molar-refractivity contribution < 1.29 is 19.5 Å². The van der Waals surface area contributed by atoms with Gasteiger partial charge in [-0.15, -0.1) is 0 Å². The molecule has 9 heteroatoms. The van der Waals surface area contributed by atoms with Gasteiger partial charge in [0, 0.05) is 35.8 Å². The zero-order valence-corrected chi connectivity index (χ0v) is 20.5. The van der Waals surface area contributed by atoms with Gasteiger partial charge in [-0.3, -0.25) is 4.79 Å². The fourth-order valence-electron chi connectivity index (χ4n) is 4.42. The molecule has 4 rings (SSSR count). The number of aromatic nitrogens is 2. The molecule has 0 aliphatic carbocycles. The van der Waals surface area contributed by atoms with Crippen molar-refractivity contribution in [2.75, 3.05) is 17.2 Å². The van der Waals surface area contributed by atoms with Crippen molar-refractivity contribution in [1.82, 2.24) is 14.9 Å². The third kappa shape index (κ3) is 5.51. The summed E-state index contributed by atoms with van der Waals surface area (Å²) in [4.78, 5) is 46.7. The van der Waals surface area contributed by atoms with Crippen molar-refractivity contribution >= 4 is 29.4 Å². The van der Waals surface area contributed by atoms with Gasteiger partial charge in [0.25, 0.3) is 0 Å². The number of nitrogens with one attached hydrogen (secondary N) is 2. The number of hydrogen-bond acceptors (Lipinski definition) is 5. The maximum Gasteiger partial charge on any atom is 0.354 e. The molecule has 3 N–H and O–H groups in total. The number of rotatable bonds is 6. The number of benzene rings is 1. The van der Waals surface area contributed by atoms with E-state index in [1.54, 1.807) is 29.3 Å². The van der Waals surface area contributed by atoms with E-state index in [1.165, 1.54) is 17.8 Å². The Morgan fingerprint density at radius 1 is 1.00 bits per heavy atom. The normalized spacial score (nSPS) is 15.1. The van der Waals surface area contributed by atoms with Crippen molar-refractivity contribution in [2.45, 2.75) is 45.6 Å². The summed E-state index contributed by atoms with van der Waals surface area (Å²) in [7, 11) is 0. The Hall–Kier alpha value is -4.27. The lowest BCUT2D eigenvalue weighted by molar-refractivity contribution is -0.119. The van der Waals surface area contributed by atoms with Crippen LogP contribution in [0.4, 0.5) is 16.3 Å². The van der Waals surface area contributed by atoms with Gasteiger partial charge in [-0.2, -0.15) is 0 Å². The van der Waals surface area contributed by atoms with Crippen LogP contribution in [-0.2, 0) is 4.79 Å². The van der Waals surface area contributed by atoms with Gasteiger partial charge < -0.3 is 20.6 Å². The molecule has 0 bridgehead atoms. The van der Waals surface area contributed by atoms with Gasteiger partial charge in [0.2, 0.25) is 5.91 Å². The summed E-state index contributed by atoms with van der Waals surface area (Å²) < 4.78 is 0. The first-order chi connectivity index (χ1) is 17.2. The summed E-state index contributed by atoms with van der Waals surface area (Å²) in [5.74, 6) is -0.613. The highest BCUT2D eigenvalue weighted by Crippen LogP contribution is 2.25. The highest BCUT2D eigenvalue weighted by atomic mass is 16.4. The molecule has 186 valence electrons. The standard InChI is InChI=1S/C27H29N5O4/c1-16(2)21-9-8-20(13-17(21)3)30-27(36)32-12-4-5-23(32)25(33)31-24-11-7-19(15-29-24)18-6-10-22(26(34)35)28-14-18/h6-11,13-16,23H,4-5,12H2,1-3H3,(H,30,36)(H,34,35)(H,29,31,33)/t23-/m1/s1. The molecule has 0 unspecified atom stereocenters. The van der Waals surface area contributed by atoms with Gasteiger partial charge in [0.1, 0.15) is 17.6 Å². The van der Waals surface area contributed by atoms with E-state index in [0.717, 1.165) is 17.5 Å². The Morgan fingerprint density at radius 3 is 2.31 bits per heavy atom. The van der Waals surface area contributed by atoms with Crippen LogP contribution in [0.3, 0.4) is 0 Å². The molecule has 1 fully saturated rings. The fourth-order valence-corrected chi connectivity index (χ4v) is 4.42. The monoisotopic (exact) mass is 487 g/mol. The third-order valence-electron chi connectivity index (χ3n) is 6.29. The molecule has 3 amide bonds. The van der Waals surface area contributed by atoms with Crippen LogP contribution in [0.1, 0.15) is 54.2 Å². The Labute approximate surface area is 209 Å². The second-order valence-electron chi connectivity index (χ2n) is 9.17. The van der Waals surface area contributed by atoms with Crippen molar-refractivity contribution in [1.29, 1.82) is 0 Å². The number of carbonyl (C=O) groups excluding carboxylic acids is 2. The number of likely N-dealkylation sites (tertiary alicyclic amines) is 1. The second-order valence-corrected chi connectivity index (χ2v) is 9.17. The Morgan fingerprint density at radius 2 is 1.72 bits per heavy atom. The van der Waals surface area contributed by atoms with Crippen LogP contribution in [0.25, 0.3) is 11.1 Å². The largest absolute Gasteiger partial charge is 0.477 e. The van der Waals surface area contributed by atoms with Crippen LogP contribution < -0.4 is 10.6 Å². The predicted octanol–water partition coefficient (Wildman–Crippen LogP) is 4.91. The van der Waals surface area contributed by atoms with Gasteiger partial charge in [0.05, 0.1) is 0 Å². The van der Waals surface area contributed by atoms with E-state index in [2.05, 4.69) is 34.4 Å². The molecule has 0 spiro atoms. The van der Waals surface area contributed by atoms with Crippen LogP contribution in [0, 0.1) is 6.92 Å². The Bertz CT molecular complexity index is 1270. The number of aryl methyl sites for hydroxylation is 1. The molecular formula is C27H29N5O4. The van der Waals surface area contributed by atoms with E-state index in [9.17, 15) is 14.4 Å². The van der Waals surface area contributed by atoms with Gasteiger partial charge >= 0.3 is 12.0 Å². The van der Waals surface area contributed by atoms with Gasteiger partial charge in [-0.05, 0) is 67.1 Å². The lowest BCUT2D eigenvalue weighted by atomic mass is 9.98. The molecule has 1 atom stereocenters. The Kier molecular flexibility index (Phi) is 7.28. The fraction of sp³-hybridized carbons (Fsp3) is 0.296. The molecule has 1 aromatic carbocycles. The van der Waals surface area contributed by atoms with Crippen LogP contribution in [-0.4, -0.2) is 50.5 Å². The third-order valence-corrected chi connectivity index (χ3v) is 6.29. The van der Waals surface area contributed by atoms with E-state index >= 15 is 0 Å². The minimum atomic E-state index is -1.09. The van der Waals surface area contributed by atoms with Crippen LogP contribution in [0.2, 0.25) is 0 Å². The summed E-state index contributed by atoms with van der Waals surface area (Å²) in [6.07, 6.45) is 4.35. The highest BCUT2D eigenvalue weighted by Gasteiger charge is 2.34. The first-order valence-corrected chi connectivity index (χ1v) is 11.9. The number of carboxylic acid groups (broad SMARTS) is 1. The molecule has 3 aromatic rings. The van der Waals surface area contributed by atoms with E-state index in [1.807, 2.05) is 25.1 Å². The van der Waals surface area contributed by atoms with Crippen molar-refractivity contribution in [3.05, 3.63) is 71.7 Å². The van der Waals surface area contributed by atoms with E-state index in [4.69, 9.17) is 5.11 Å². The molecule has 0 radical (unpaired) electrons. The number of hydrogen-bond donors (Lipinski definition) is 3. The maximum absolute atomic E-state index is 13.0. The number of carboxylic acids is 1. The lowest BCUT2D eigenvalue weighted by Crippen LogP contribution is -2.45. The van der Waals surface area contributed by atoms with Gasteiger partial charge in [0.15, 0.2) is 0 Å². The van der Waals surface area contributed by atoms with Crippen LogP contribution in [0.15, 0.2) is 54.9 Å². The number of aromatic carboxylic acids is 1. The number of carbonyl (C=O) groups is 3. The number of anilines is 2.